The number of hydrogen-bond acceptors (Lipinski definition) is 3. The van der Waals surface area contributed by atoms with E-state index in [0.717, 1.165) is 22.0 Å². The predicted molar refractivity (Wildman–Crippen MR) is 145 cm³/mol. The van der Waals surface area contributed by atoms with E-state index in [0.29, 0.717) is 38.8 Å². The van der Waals surface area contributed by atoms with Gasteiger partial charge in [-0.3, -0.25) is 4.79 Å². The molecule has 2 aromatic heterocycles. The number of amides is 1. The van der Waals surface area contributed by atoms with Crippen LogP contribution in [0.1, 0.15) is 11.1 Å². The Labute approximate surface area is 224 Å². The number of aromatic nitrogens is 2. The van der Waals surface area contributed by atoms with Gasteiger partial charge in [0.05, 0.1) is 28.7 Å². The van der Waals surface area contributed by atoms with E-state index in [1.807, 2.05) is 34.7 Å². The Bertz CT molecular complexity index is 1850. The molecule has 6 nitrogen and oxygen atoms in total. The third-order valence-corrected chi connectivity index (χ3v) is 7.53. The van der Waals surface area contributed by atoms with Crippen molar-refractivity contribution in [1.82, 2.24) is 9.55 Å². The van der Waals surface area contributed by atoms with Gasteiger partial charge in [0.25, 0.3) is 5.91 Å². The number of H-pyrrole nitrogens is 1. The number of nitrogens with one attached hydrogen (secondary N) is 1. The molecule has 0 saturated carbocycles. The second kappa shape index (κ2) is 9.25. The lowest BCUT2D eigenvalue weighted by atomic mass is 10.1. The molecular formula is C29H21BrF2N4O2. The van der Waals surface area contributed by atoms with Crippen LogP contribution < -0.4 is 20.8 Å². The van der Waals surface area contributed by atoms with Gasteiger partial charge < -0.3 is 19.6 Å². The van der Waals surface area contributed by atoms with E-state index in [4.69, 9.17) is 0 Å². The Morgan fingerprint density at radius 1 is 1.11 bits per heavy atom. The van der Waals surface area contributed by atoms with Crippen LogP contribution in [0.3, 0.4) is 0 Å². The van der Waals surface area contributed by atoms with Gasteiger partial charge in [0, 0.05) is 46.1 Å². The van der Waals surface area contributed by atoms with Crippen LogP contribution in [0.5, 0.6) is 5.88 Å². The van der Waals surface area contributed by atoms with Crippen LogP contribution in [0.2, 0.25) is 0 Å². The molecule has 0 bridgehead atoms. The third kappa shape index (κ3) is 4.09. The molecule has 1 amide bonds. The smallest absolute Gasteiger partial charge is 0.250 e. The number of hydrogen-bond donors (Lipinski definition) is 2. The van der Waals surface area contributed by atoms with Crippen LogP contribution in [-0.2, 0) is 18.3 Å². The summed E-state index contributed by atoms with van der Waals surface area (Å²) in [6, 6.07) is 12.2. The number of benzene rings is 2. The Balaban J connectivity index is 1.52. The van der Waals surface area contributed by atoms with Gasteiger partial charge in [-0.15, -0.1) is 0 Å². The topological polar surface area (TPSA) is 73.6 Å². The second-order valence-corrected chi connectivity index (χ2v) is 9.99. The van der Waals surface area contributed by atoms with Gasteiger partial charge in [0.1, 0.15) is 11.6 Å². The van der Waals surface area contributed by atoms with Crippen LogP contribution in [0.15, 0.2) is 70.3 Å². The van der Waals surface area contributed by atoms with Crippen molar-refractivity contribution < 1.29 is 18.7 Å². The van der Waals surface area contributed by atoms with Gasteiger partial charge >= 0.3 is 0 Å². The summed E-state index contributed by atoms with van der Waals surface area (Å²) in [6.07, 6.45) is 7.47. The number of carbonyl (C=O) groups is 1. The minimum Gasteiger partial charge on any atom is -0.494 e. The molecular weight excluding hydrogens is 554 g/mol. The zero-order valence-electron chi connectivity index (χ0n) is 20.2. The molecule has 0 spiro atoms. The van der Waals surface area contributed by atoms with Gasteiger partial charge in [-0.25, -0.2) is 13.8 Å². The van der Waals surface area contributed by atoms with E-state index in [1.54, 1.807) is 30.5 Å². The molecule has 3 heterocycles. The van der Waals surface area contributed by atoms with E-state index in [-0.39, 0.29) is 18.1 Å². The molecule has 6 rings (SSSR count). The van der Waals surface area contributed by atoms with Crippen LogP contribution in [0.25, 0.3) is 29.1 Å². The number of carbonyl (C=O) groups excluding carboxylic acids is 1. The molecule has 1 aliphatic carbocycles. The molecule has 190 valence electrons. The highest BCUT2D eigenvalue weighted by Crippen LogP contribution is 2.31. The summed E-state index contributed by atoms with van der Waals surface area (Å²) < 4.78 is 29.9. The number of aromatic hydroxyl groups is 1. The van der Waals surface area contributed by atoms with Crippen molar-refractivity contribution >= 4 is 45.4 Å². The molecule has 2 N–H and O–H groups in total. The van der Waals surface area contributed by atoms with Crippen LogP contribution in [-0.4, -0.2) is 27.1 Å². The van der Waals surface area contributed by atoms with Crippen LogP contribution in [0, 0.1) is 11.6 Å². The average Bonchev–Trinajstić information content (AvgIpc) is 3.10. The number of anilines is 1. The van der Waals surface area contributed by atoms with E-state index in [9.17, 15) is 18.7 Å². The fourth-order valence-electron chi connectivity index (χ4n) is 5.02. The zero-order valence-corrected chi connectivity index (χ0v) is 21.8. The first-order valence-corrected chi connectivity index (χ1v) is 12.7. The summed E-state index contributed by atoms with van der Waals surface area (Å²) in [7, 11) is 1.86. The van der Waals surface area contributed by atoms with Crippen molar-refractivity contribution in [2.75, 3.05) is 11.4 Å². The minimum atomic E-state index is -0.431. The standard InChI is InChI=1S/C29H21BrF2N4O2/c1-35-12-10-22(33-25(37)15-16-14-18(32)4-8-21(16)30)20-7-9-24-26-23(34-29(38)27(26)28(20)35)11-13-36(24)19-5-2-17(31)3-6-19/h2-12,14,34,38H,13,15H2,1H3. The van der Waals surface area contributed by atoms with Gasteiger partial charge in [0.15, 0.2) is 5.88 Å². The highest BCUT2D eigenvalue weighted by atomic mass is 79.9. The van der Waals surface area contributed by atoms with Crippen molar-refractivity contribution in [3.8, 4) is 17.1 Å². The molecule has 2 aromatic carbocycles. The number of pyridine rings is 1. The fraction of sp³-hybridized carbons (Fsp3) is 0.103. The lowest BCUT2D eigenvalue weighted by Gasteiger charge is -2.26. The van der Waals surface area contributed by atoms with Crippen molar-refractivity contribution in [3.63, 3.8) is 0 Å². The maximum atomic E-state index is 13.7. The van der Waals surface area contributed by atoms with Crippen molar-refractivity contribution in [2.45, 2.75) is 6.42 Å². The molecule has 1 aliphatic heterocycles. The Kier molecular flexibility index (Phi) is 5.87. The first-order valence-electron chi connectivity index (χ1n) is 11.9. The third-order valence-electron chi connectivity index (χ3n) is 6.75. The number of fused-ring (bicyclic) bond motifs is 2. The minimum absolute atomic E-state index is 0.00239. The Hall–Kier alpha value is -4.24. The number of aromatic amines is 1. The van der Waals surface area contributed by atoms with Crippen LogP contribution >= 0.6 is 15.9 Å². The lowest BCUT2D eigenvalue weighted by Crippen LogP contribution is -2.39. The van der Waals surface area contributed by atoms with E-state index in [1.165, 1.54) is 24.3 Å². The maximum Gasteiger partial charge on any atom is 0.250 e. The highest BCUT2D eigenvalue weighted by Gasteiger charge is 2.26. The SMILES string of the molecule is Cn1ccc(=NC(=O)Cc2cc(F)ccc2Br)c2c1-c1c(O)[nH]c3c1=C(C=C2)N(c1ccc(F)cc1)CC=3. The van der Waals surface area contributed by atoms with Crippen molar-refractivity contribution in [1.29, 1.82) is 0 Å². The second-order valence-electron chi connectivity index (χ2n) is 9.14. The summed E-state index contributed by atoms with van der Waals surface area (Å²) in [5, 5.41) is 13.0. The van der Waals surface area contributed by atoms with Gasteiger partial charge in [-0.05, 0) is 72.3 Å². The molecule has 4 aromatic rings. The quantitative estimate of drug-likeness (QED) is 0.390. The van der Waals surface area contributed by atoms with Gasteiger partial charge in [-0.1, -0.05) is 15.9 Å². The molecule has 0 unspecified atom stereocenters. The molecule has 2 aliphatic rings. The Morgan fingerprint density at radius 3 is 2.66 bits per heavy atom. The van der Waals surface area contributed by atoms with Crippen molar-refractivity contribution in [3.05, 3.63) is 104 Å². The van der Waals surface area contributed by atoms with E-state index in [2.05, 4.69) is 25.9 Å². The number of rotatable bonds is 3. The monoisotopic (exact) mass is 574 g/mol. The molecule has 9 heteroatoms. The predicted octanol–water partition coefficient (Wildman–Crippen LogP) is 3.87. The molecule has 0 radical (unpaired) electrons. The average molecular weight is 575 g/mol. The maximum absolute atomic E-state index is 13.7. The Morgan fingerprint density at radius 2 is 1.87 bits per heavy atom. The number of halogens is 3. The summed E-state index contributed by atoms with van der Waals surface area (Å²) >= 11 is 3.36. The highest BCUT2D eigenvalue weighted by molar-refractivity contribution is 9.10. The van der Waals surface area contributed by atoms with E-state index >= 15 is 0 Å². The van der Waals surface area contributed by atoms with Gasteiger partial charge in [-0.2, -0.15) is 0 Å². The summed E-state index contributed by atoms with van der Waals surface area (Å²) in [5.41, 5.74) is 4.04. The van der Waals surface area contributed by atoms with E-state index < -0.39 is 11.7 Å². The zero-order chi connectivity index (χ0) is 26.6. The summed E-state index contributed by atoms with van der Waals surface area (Å²) in [6.45, 7) is 0.512. The van der Waals surface area contributed by atoms with Gasteiger partial charge in [0.2, 0.25) is 0 Å². The van der Waals surface area contributed by atoms with Crippen molar-refractivity contribution in [2.24, 2.45) is 12.0 Å². The van der Waals surface area contributed by atoms with Crippen LogP contribution in [0.4, 0.5) is 14.5 Å². The molecule has 0 fully saturated rings. The number of nitrogens with zero attached hydrogens (tertiary/aromatic N) is 3. The fourth-order valence-corrected chi connectivity index (χ4v) is 5.41. The summed E-state index contributed by atoms with van der Waals surface area (Å²) in [5.74, 6) is -1.18. The molecule has 0 saturated heterocycles. The largest absolute Gasteiger partial charge is 0.494 e. The number of aryl methyl sites for hydroxylation is 1. The normalized spacial score (nSPS) is 14.2. The molecule has 38 heavy (non-hydrogen) atoms. The summed E-state index contributed by atoms with van der Waals surface area (Å²) in [4.78, 5) is 22.4. The first kappa shape index (κ1) is 24.1. The lowest BCUT2D eigenvalue weighted by molar-refractivity contribution is -0.117. The first-order chi connectivity index (χ1) is 18.3. The molecule has 0 atom stereocenters.